The van der Waals surface area contributed by atoms with Gasteiger partial charge in [0.2, 0.25) is 11.8 Å². The highest BCUT2D eigenvalue weighted by molar-refractivity contribution is 6.03. The second kappa shape index (κ2) is 9.47. The number of hydrogen-bond acceptors (Lipinski definition) is 6. The second-order valence-corrected chi connectivity index (χ2v) is 7.65. The summed E-state index contributed by atoms with van der Waals surface area (Å²) in [5.74, 6) is 1.56. The van der Waals surface area contributed by atoms with Gasteiger partial charge in [0, 0.05) is 42.6 Å². The number of aryl methyl sites for hydroxylation is 1. The average molecular weight is 431 g/mol. The predicted octanol–water partition coefficient (Wildman–Crippen LogP) is 3.95. The summed E-state index contributed by atoms with van der Waals surface area (Å²) in [5, 5.41) is 9.36. The highest BCUT2D eigenvalue weighted by Gasteiger charge is 2.35. The van der Waals surface area contributed by atoms with E-state index in [-0.39, 0.29) is 24.2 Å². The number of aromatic nitrogens is 2. The van der Waals surface area contributed by atoms with Gasteiger partial charge in [-0.2, -0.15) is 0 Å². The first kappa shape index (κ1) is 21.3. The first-order valence-electron chi connectivity index (χ1n) is 10.6. The van der Waals surface area contributed by atoms with Crippen molar-refractivity contribution in [3.05, 3.63) is 66.5 Å². The predicted molar refractivity (Wildman–Crippen MR) is 126 cm³/mol. The molecule has 3 aromatic rings. The molecule has 2 amide bonds. The van der Waals surface area contributed by atoms with Crippen LogP contribution in [-0.4, -0.2) is 34.9 Å². The number of para-hydroxylation sites is 1. The number of hydrogen-bond donors (Lipinski definition) is 3. The molecule has 1 fully saturated rings. The van der Waals surface area contributed by atoms with Crippen LogP contribution in [-0.2, 0) is 9.59 Å². The maximum absolute atomic E-state index is 12.7. The van der Waals surface area contributed by atoms with Crippen molar-refractivity contribution in [3.8, 4) is 0 Å². The lowest BCUT2D eigenvalue weighted by molar-refractivity contribution is -0.122. The quantitative estimate of drug-likeness (QED) is 0.525. The zero-order chi connectivity index (χ0) is 22.5. The van der Waals surface area contributed by atoms with E-state index in [0.29, 0.717) is 23.9 Å². The summed E-state index contributed by atoms with van der Waals surface area (Å²) in [5.41, 5.74) is 2.34. The fraction of sp³-hybridized carbons (Fsp3) is 0.250. The van der Waals surface area contributed by atoms with Crippen molar-refractivity contribution >= 4 is 40.5 Å². The van der Waals surface area contributed by atoms with Gasteiger partial charge >= 0.3 is 0 Å². The van der Waals surface area contributed by atoms with E-state index in [1.54, 1.807) is 4.90 Å². The summed E-state index contributed by atoms with van der Waals surface area (Å²) in [4.78, 5) is 35.5. The summed E-state index contributed by atoms with van der Waals surface area (Å²) in [7, 11) is 0. The smallest absolute Gasteiger partial charge is 0.229 e. The molecule has 1 saturated heterocycles. The van der Waals surface area contributed by atoms with Crippen LogP contribution in [0.1, 0.15) is 19.2 Å². The number of nitrogens with zero attached hydrogens (tertiary/aromatic N) is 3. The summed E-state index contributed by atoms with van der Waals surface area (Å²) in [6, 6.07) is 18.7. The molecule has 0 radical (unpaired) electrons. The van der Waals surface area contributed by atoms with Crippen LogP contribution in [0.15, 0.2) is 60.7 Å². The molecule has 1 aliphatic heterocycles. The fourth-order valence-corrected chi connectivity index (χ4v) is 3.67. The van der Waals surface area contributed by atoms with Crippen LogP contribution in [0, 0.1) is 12.8 Å². The molecule has 0 bridgehead atoms. The van der Waals surface area contributed by atoms with Gasteiger partial charge in [-0.3, -0.25) is 9.59 Å². The normalized spacial score (nSPS) is 15.5. The first-order valence-corrected chi connectivity index (χ1v) is 10.6. The molecule has 8 nitrogen and oxygen atoms in total. The molecule has 1 aliphatic rings. The Kier molecular flexibility index (Phi) is 6.30. The summed E-state index contributed by atoms with van der Waals surface area (Å²) >= 11 is 0. The van der Waals surface area contributed by atoms with Crippen LogP contribution in [0.5, 0.6) is 0 Å². The van der Waals surface area contributed by atoms with Crippen molar-refractivity contribution in [1.29, 1.82) is 0 Å². The Morgan fingerprint density at radius 3 is 2.44 bits per heavy atom. The molecule has 32 heavy (non-hydrogen) atoms. The van der Waals surface area contributed by atoms with Crippen LogP contribution in [0.2, 0.25) is 0 Å². The summed E-state index contributed by atoms with van der Waals surface area (Å²) in [6.07, 6.45) is 0.210. The minimum absolute atomic E-state index is 0.0343. The number of carbonyl (C=O) groups is 2. The van der Waals surface area contributed by atoms with Crippen molar-refractivity contribution in [3.63, 3.8) is 0 Å². The number of carbonyl (C=O) groups excluding carboxylic acids is 2. The third-order valence-electron chi connectivity index (χ3n) is 5.18. The topological polar surface area (TPSA) is 99.2 Å². The van der Waals surface area contributed by atoms with Crippen LogP contribution < -0.4 is 20.9 Å². The Labute approximate surface area is 187 Å². The van der Waals surface area contributed by atoms with E-state index in [1.165, 1.54) is 0 Å². The molecule has 2 aromatic carbocycles. The lowest BCUT2D eigenvalue weighted by atomic mass is 10.1. The monoisotopic (exact) mass is 430 g/mol. The molecule has 4 rings (SSSR count). The Hall–Kier alpha value is -3.94. The zero-order valence-electron chi connectivity index (χ0n) is 18.1. The van der Waals surface area contributed by atoms with Gasteiger partial charge in [-0.05, 0) is 50.2 Å². The Bertz CT molecular complexity index is 1100. The van der Waals surface area contributed by atoms with Crippen molar-refractivity contribution in [2.45, 2.75) is 20.3 Å². The molecular formula is C24H26N6O2. The number of nitrogens with one attached hydrogen (secondary N) is 3. The molecule has 1 atom stereocenters. The van der Waals surface area contributed by atoms with Gasteiger partial charge in [0.25, 0.3) is 0 Å². The van der Waals surface area contributed by atoms with E-state index in [4.69, 9.17) is 0 Å². The Morgan fingerprint density at radius 2 is 1.72 bits per heavy atom. The Morgan fingerprint density at radius 1 is 1.03 bits per heavy atom. The number of rotatable bonds is 7. The molecule has 1 unspecified atom stereocenters. The van der Waals surface area contributed by atoms with E-state index in [2.05, 4.69) is 25.9 Å². The van der Waals surface area contributed by atoms with E-state index in [1.807, 2.05) is 74.5 Å². The zero-order valence-corrected chi connectivity index (χ0v) is 18.1. The number of amides is 2. The fourth-order valence-electron chi connectivity index (χ4n) is 3.67. The summed E-state index contributed by atoms with van der Waals surface area (Å²) in [6.45, 7) is 5.02. The highest BCUT2D eigenvalue weighted by Crippen LogP contribution is 2.26. The maximum Gasteiger partial charge on any atom is 0.229 e. The third kappa shape index (κ3) is 5.03. The largest absolute Gasteiger partial charge is 0.370 e. The number of anilines is 5. The van der Waals surface area contributed by atoms with Crippen molar-refractivity contribution in [2.75, 3.05) is 33.9 Å². The second-order valence-electron chi connectivity index (χ2n) is 7.65. The minimum atomic E-state index is -0.381. The first-order chi connectivity index (χ1) is 15.5. The molecule has 0 saturated carbocycles. The van der Waals surface area contributed by atoms with Crippen LogP contribution in [0.4, 0.5) is 28.7 Å². The van der Waals surface area contributed by atoms with Gasteiger partial charge in [0.1, 0.15) is 17.5 Å². The van der Waals surface area contributed by atoms with Gasteiger partial charge in [-0.15, -0.1) is 0 Å². The van der Waals surface area contributed by atoms with E-state index in [9.17, 15) is 9.59 Å². The molecule has 3 N–H and O–H groups in total. The SMILES string of the molecule is CCNc1cc(Nc2ccc(NC(=O)C3CC(=O)N(c4ccccc4)C3)cc2)nc(C)n1. The van der Waals surface area contributed by atoms with E-state index >= 15 is 0 Å². The molecule has 2 heterocycles. The molecule has 0 spiro atoms. The van der Waals surface area contributed by atoms with Crippen molar-refractivity contribution in [2.24, 2.45) is 5.92 Å². The lowest BCUT2D eigenvalue weighted by Crippen LogP contribution is -2.28. The molecule has 8 heteroatoms. The van der Waals surface area contributed by atoms with Gasteiger partial charge in [-0.1, -0.05) is 18.2 Å². The molecule has 164 valence electrons. The van der Waals surface area contributed by atoms with Gasteiger partial charge in [0.15, 0.2) is 0 Å². The van der Waals surface area contributed by atoms with Crippen LogP contribution in [0.3, 0.4) is 0 Å². The van der Waals surface area contributed by atoms with Gasteiger partial charge in [-0.25, -0.2) is 9.97 Å². The third-order valence-corrected chi connectivity index (χ3v) is 5.18. The van der Waals surface area contributed by atoms with E-state index in [0.717, 1.165) is 23.7 Å². The van der Waals surface area contributed by atoms with Crippen molar-refractivity contribution in [1.82, 2.24) is 9.97 Å². The standard InChI is InChI=1S/C24H26N6O2/c1-3-25-21-14-22(27-16(2)26-21)28-18-9-11-19(12-10-18)29-24(32)17-13-23(31)30(15-17)20-7-5-4-6-8-20/h4-12,14,17H,3,13,15H2,1-2H3,(H,29,32)(H2,25,26,27,28). The molecule has 0 aliphatic carbocycles. The molecular weight excluding hydrogens is 404 g/mol. The average Bonchev–Trinajstić information content (AvgIpc) is 3.17. The van der Waals surface area contributed by atoms with Gasteiger partial charge in [0.05, 0.1) is 5.92 Å². The van der Waals surface area contributed by atoms with Crippen molar-refractivity contribution < 1.29 is 9.59 Å². The minimum Gasteiger partial charge on any atom is -0.370 e. The Balaban J connectivity index is 1.37. The molecule has 1 aromatic heterocycles. The lowest BCUT2D eigenvalue weighted by Gasteiger charge is -2.16. The number of benzene rings is 2. The van der Waals surface area contributed by atoms with Crippen LogP contribution >= 0.6 is 0 Å². The maximum atomic E-state index is 12.7. The summed E-state index contributed by atoms with van der Waals surface area (Å²) < 4.78 is 0. The van der Waals surface area contributed by atoms with E-state index < -0.39 is 0 Å². The van der Waals surface area contributed by atoms with Gasteiger partial charge < -0.3 is 20.9 Å². The van der Waals surface area contributed by atoms with Crippen LogP contribution in [0.25, 0.3) is 0 Å². The highest BCUT2D eigenvalue weighted by atomic mass is 16.2.